The Bertz CT molecular complexity index is 1060. The van der Waals surface area contributed by atoms with Gasteiger partial charge in [0.05, 0.1) is 5.75 Å². The number of hydrogen-bond acceptors (Lipinski definition) is 5. The maximum absolute atomic E-state index is 12.4. The topological polar surface area (TPSA) is 69.0 Å². The van der Waals surface area contributed by atoms with Gasteiger partial charge in [-0.1, -0.05) is 62.0 Å². The molecule has 0 aliphatic rings. The molecule has 1 unspecified atom stereocenters. The molecule has 0 saturated heterocycles. The first-order chi connectivity index (χ1) is 15.4. The third-order valence-electron chi connectivity index (χ3n) is 5.03. The van der Waals surface area contributed by atoms with Crippen LogP contribution in [0.15, 0.2) is 66.3 Å². The summed E-state index contributed by atoms with van der Waals surface area (Å²) in [5.41, 5.74) is 3.11. The van der Waals surface area contributed by atoms with E-state index in [4.69, 9.17) is 4.74 Å². The number of amides is 1. The van der Waals surface area contributed by atoms with Gasteiger partial charge in [-0.3, -0.25) is 9.36 Å². The zero-order chi connectivity index (χ0) is 23.1. The molecule has 1 heterocycles. The van der Waals surface area contributed by atoms with Crippen molar-refractivity contribution in [1.82, 2.24) is 14.8 Å². The first kappa shape index (κ1) is 23.6. The Labute approximate surface area is 194 Å². The normalized spacial score (nSPS) is 11.9. The Morgan fingerprint density at radius 3 is 2.53 bits per heavy atom. The maximum Gasteiger partial charge on any atom is 0.234 e. The van der Waals surface area contributed by atoms with E-state index in [1.807, 2.05) is 54.8 Å². The molecule has 1 N–H and O–H groups in total. The molecule has 1 aromatic heterocycles. The third-order valence-corrected chi connectivity index (χ3v) is 6.00. The van der Waals surface area contributed by atoms with Gasteiger partial charge < -0.3 is 10.1 Å². The van der Waals surface area contributed by atoms with E-state index in [9.17, 15) is 4.79 Å². The number of aryl methyl sites for hydroxylation is 1. The second-order valence-corrected chi connectivity index (χ2v) is 8.82. The molecule has 3 rings (SSSR count). The maximum atomic E-state index is 12.4. The van der Waals surface area contributed by atoms with E-state index in [0.29, 0.717) is 23.4 Å². The minimum atomic E-state index is -0.303. The Kier molecular flexibility index (Phi) is 8.11. The van der Waals surface area contributed by atoms with Gasteiger partial charge in [0.15, 0.2) is 17.1 Å². The lowest BCUT2D eigenvalue weighted by Gasteiger charge is -2.16. The zero-order valence-corrected chi connectivity index (χ0v) is 19.9. The Morgan fingerprint density at radius 2 is 1.88 bits per heavy atom. The number of para-hydroxylation sites is 1. The molecule has 1 amide bonds. The predicted octanol–water partition coefficient (Wildman–Crippen LogP) is 5.77. The van der Waals surface area contributed by atoms with Crippen molar-refractivity contribution in [3.63, 3.8) is 0 Å². The van der Waals surface area contributed by atoms with Gasteiger partial charge in [0.2, 0.25) is 5.91 Å². The first-order valence-electron chi connectivity index (χ1n) is 10.7. The minimum absolute atomic E-state index is 0.0893. The largest absolute Gasteiger partial charge is 0.483 e. The van der Waals surface area contributed by atoms with Gasteiger partial charge in [-0.15, -0.1) is 16.8 Å². The molecule has 2 aromatic carbocycles. The molecule has 3 aromatic rings. The van der Waals surface area contributed by atoms with Crippen molar-refractivity contribution in [2.24, 2.45) is 0 Å². The lowest BCUT2D eigenvalue weighted by atomic mass is 10.0. The van der Waals surface area contributed by atoms with Gasteiger partial charge in [-0.2, -0.15) is 0 Å². The highest BCUT2D eigenvalue weighted by atomic mass is 32.2. The molecule has 0 saturated carbocycles. The second-order valence-electron chi connectivity index (χ2n) is 7.88. The number of carbonyl (C=O) groups is 1. The van der Waals surface area contributed by atoms with Crippen LogP contribution in [0.1, 0.15) is 49.7 Å². The van der Waals surface area contributed by atoms with E-state index in [2.05, 4.69) is 48.1 Å². The van der Waals surface area contributed by atoms with Gasteiger partial charge in [-0.25, -0.2) is 0 Å². The number of hydrogen-bond donors (Lipinski definition) is 1. The molecule has 0 aliphatic heterocycles. The average molecular weight is 451 g/mol. The summed E-state index contributed by atoms with van der Waals surface area (Å²) in [6.07, 6.45) is 1.48. The third kappa shape index (κ3) is 6.01. The number of allylic oxidation sites excluding steroid dienone is 1. The number of thioether (sulfide) groups is 1. The van der Waals surface area contributed by atoms with Crippen LogP contribution in [0.5, 0.6) is 5.75 Å². The fraction of sp³-hybridized carbons (Fsp3) is 0.320. The summed E-state index contributed by atoms with van der Waals surface area (Å²) in [5, 5.41) is 12.2. The van der Waals surface area contributed by atoms with Crippen LogP contribution in [0, 0.1) is 6.92 Å². The predicted molar refractivity (Wildman–Crippen MR) is 130 cm³/mol. The standard InChI is InChI=1S/C25H30N4O2S/c1-6-15-29-24(19(5)31-21-13-11-20(12-14-21)17(2)3)27-28-25(29)32-16-23(30)26-22-10-8-7-9-18(22)4/h6-14,17,19H,1,15-16H2,2-5H3,(H,26,30). The van der Waals surface area contributed by atoms with Crippen molar-refractivity contribution in [1.29, 1.82) is 0 Å². The number of nitrogens with one attached hydrogen (secondary N) is 1. The van der Waals surface area contributed by atoms with Crippen LogP contribution in [0.4, 0.5) is 5.69 Å². The Hall–Kier alpha value is -3.06. The molecule has 6 nitrogen and oxygen atoms in total. The summed E-state index contributed by atoms with van der Waals surface area (Å²) in [7, 11) is 0. The molecule has 32 heavy (non-hydrogen) atoms. The Balaban J connectivity index is 1.66. The van der Waals surface area contributed by atoms with Crippen molar-refractivity contribution in [3.8, 4) is 5.75 Å². The quantitative estimate of drug-likeness (QED) is 0.314. The van der Waals surface area contributed by atoms with E-state index >= 15 is 0 Å². The monoisotopic (exact) mass is 450 g/mol. The van der Waals surface area contributed by atoms with Gasteiger partial charge in [0, 0.05) is 12.2 Å². The number of rotatable bonds is 10. The molecular formula is C25H30N4O2S. The number of ether oxygens (including phenoxy) is 1. The molecule has 0 aliphatic carbocycles. The average Bonchev–Trinajstić information content (AvgIpc) is 3.17. The van der Waals surface area contributed by atoms with E-state index < -0.39 is 0 Å². The van der Waals surface area contributed by atoms with E-state index in [-0.39, 0.29) is 17.8 Å². The van der Waals surface area contributed by atoms with E-state index in [1.54, 1.807) is 6.08 Å². The van der Waals surface area contributed by atoms with Crippen molar-refractivity contribution in [3.05, 3.63) is 78.1 Å². The van der Waals surface area contributed by atoms with Crippen molar-refractivity contribution < 1.29 is 9.53 Å². The zero-order valence-electron chi connectivity index (χ0n) is 19.0. The number of aromatic nitrogens is 3. The molecule has 0 spiro atoms. The highest BCUT2D eigenvalue weighted by Crippen LogP contribution is 2.26. The van der Waals surface area contributed by atoms with E-state index in [0.717, 1.165) is 17.0 Å². The molecule has 7 heteroatoms. The highest BCUT2D eigenvalue weighted by molar-refractivity contribution is 7.99. The highest BCUT2D eigenvalue weighted by Gasteiger charge is 2.20. The van der Waals surface area contributed by atoms with E-state index in [1.165, 1.54) is 17.3 Å². The molecular weight excluding hydrogens is 420 g/mol. The van der Waals surface area contributed by atoms with Crippen LogP contribution in [-0.4, -0.2) is 26.4 Å². The molecule has 0 fully saturated rings. The smallest absolute Gasteiger partial charge is 0.234 e. The first-order valence-corrected chi connectivity index (χ1v) is 11.7. The second kappa shape index (κ2) is 11.0. The minimum Gasteiger partial charge on any atom is -0.483 e. The van der Waals surface area contributed by atoms with Gasteiger partial charge in [0.25, 0.3) is 0 Å². The van der Waals surface area contributed by atoms with Crippen LogP contribution >= 0.6 is 11.8 Å². The summed E-state index contributed by atoms with van der Waals surface area (Å²) in [4.78, 5) is 12.4. The SMILES string of the molecule is C=CCn1c(SCC(=O)Nc2ccccc2C)nnc1C(C)Oc1ccc(C(C)C)cc1. The summed E-state index contributed by atoms with van der Waals surface area (Å²) >= 11 is 1.34. The summed E-state index contributed by atoms with van der Waals surface area (Å²) in [5.74, 6) is 2.09. The van der Waals surface area contributed by atoms with Gasteiger partial charge in [0.1, 0.15) is 5.75 Å². The van der Waals surface area contributed by atoms with Crippen LogP contribution in [0.3, 0.4) is 0 Å². The van der Waals surface area contributed by atoms with Crippen molar-refractivity contribution >= 4 is 23.4 Å². The lowest BCUT2D eigenvalue weighted by Crippen LogP contribution is -2.16. The molecule has 168 valence electrons. The summed E-state index contributed by atoms with van der Waals surface area (Å²) < 4.78 is 8.04. The van der Waals surface area contributed by atoms with Gasteiger partial charge >= 0.3 is 0 Å². The number of anilines is 1. The van der Waals surface area contributed by atoms with Crippen molar-refractivity contribution in [2.75, 3.05) is 11.1 Å². The fourth-order valence-electron chi connectivity index (χ4n) is 3.23. The van der Waals surface area contributed by atoms with Crippen LogP contribution in [-0.2, 0) is 11.3 Å². The number of carbonyl (C=O) groups excluding carboxylic acids is 1. The van der Waals surface area contributed by atoms with Crippen LogP contribution < -0.4 is 10.1 Å². The molecule has 1 atom stereocenters. The lowest BCUT2D eigenvalue weighted by molar-refractivity contribution is -0.113. The molecule has 0 radical (unpaired) electrons. The summed E-state index contributed by atoms with van der Waals surface area (Å²) in [6.45, 7) is 12.6. The Morgan fingerprint density at radius 1 is 1.16 bits per heavy atom. The fourth-order valence-corrected chi connectivity index (χ4v) is 3.98. The van der Waals surface area contributed by atoms with Gasteiger partial charge in [-0.05, 0) is 49.1 Å². The van der Waals surface area contributed by atoms with Crippen LogP contribution in [0.25, 0.3) is 0 Å². The summed E-state index contributed by atoms with van der Waals surface area (Å²) in [6, 6.07) is 15.8. The number of benzene rings is 2. The van der Waals surface area contributed by atoms with Crippen molar-refractivity contribution in [2.45, 2.75) is 51.4 Å². The number of nitrogens with zero attached hydrogens (tertiary/aromatic N) is 3. The van der Waals surface area contributed by atoms with Crippen LogP contribution in [0.2, 0.25) is 0 Å². The molecule has 0 bridgehead atoms.